The van der Waals surface area contributed by atoms with Gasteiger partial charge in [-0.3, -0.25) is 4.79 Å². The largest absolute Gasteiger partial charge is 0.493 e. The fourth-order valence-corrected chi connectivity index (χ4v) is 1.82. The lowest BCUT2D eigenvalue weighted by molar-refractivity contribution is -0.0515. The number of amides is 1. The number of para-hydroxylation sites is 2. The van der Waals surface area contributed by atoms with E-state index in [9.17, 15) is 18.0 Å². The standard InChI is InChI=1S/C15H12F3NO3/c1-21-12-8-4-5-9(13(12)22-15(17)18)14(20)19-11-7-3-2-6-10(11)16/h2-8,15H,1H3,(H,19,20). The van der Waals surface area contributed by atoms with Crippen molar-refractivity contribution in [1.29, 1.82) is 0 Å². The maximum Gasteiger partial charge on any atom is 0.387 e. The van der Waals surface area contributed by atoms with E-state index in [0.717, 1.165) is 6.07 Å². The van der Waals surface area contributed by atoms with Gasteiger partial charge in [0.1, 0.15) is 5.82 Å². The summed E-state index contributed by atoms with van der Waals surface area (Å²) in [7, 11) is 1.26. The second-order valence-corrected chi connectivity index (χ2v) is 4.15. The van der Waals surface area contributed by atoms with Crippen LogP contribution in [0.4, 0.5) is 18.9 Å². The highest BCUT2D eigenvalue weighted by Crippen LogP contribution is 2.33. The molecule has 7 heteroatoms. The zero-order valence-electron chi connectivity index (χ0n) is 11.5. The van der Waals surface area contributed by atoms with E-state index in [-0.39, 0.29) is 17.0 Å². The molecule has 2 aromatic rings. The summed E-state index contributed by atoms with van der Waals surface area (Å²) in [6.07, 6.45) is 0. The number of ether oxygens (including phenoxy) is 2. The zero-order chi connectivity index (χ0) is 16.1. The molecule has 0 aliphatic rings. The van der Waals surface area contributed by atoms with Crippen molar-refractivity contribution in [2.45, 2.75) is 6.61 Å². The molecule has 1 N–H and O–H groups in total. The van der Waals surface area contributed by atoms with E-state index in [4.69, 9.17) is 4.74 Å². The first-order chi connectivity index (χ1) is 10.5. The number of rotatable bonds is 5. The van der Waals surface area contributed by atoms with Crippen LogP contribution in [0, 0.1) is 5.82 Å². The number of carbonyl (C=O) groups is 1. The Bertz CT molecular complexity index is 677. The quantitative estimate of drug-likeness (QED) is 0.916. The Morgan fingerprint density at radius 1 is 1.14 bits per heavy atom. The molecule has 0 fully saturated rings. The summed E-state index contributed by atoms with van der Waals surface area (Å²) in [5, 5.41) is 2.30. The molecule has 0 heterocycles. The molecule has 0 saturated heterocycles. The van der Waals surface area contributed by atoms with E-state index < -0.39 is 24.1 Å². The third kappa shape index (κ3) is 3.49. The Balaban J connectivity index is 2.35. The Morgan fingerprint density at radius 2 is 1.86 bits per heavy atom. The predicted octanol–water partition coefficient (Wildman–Crippen LogP) is 3.69. The molecule has 2 rings (SSSR count). The summed E-state index contributed by atoms with van der Waals surface area (Å²) in [5.41, 5.74) is -0.263. The van der Waals surface area contributed by atoms with Gasteiger partial charge in [0.05, 0.1) is 18.4 Å². The highest BCUT2D eigenvalue weighted by atomic mass is 19.3. The lowest BCUT2D eigenvalue weighted by Gasteiger charge is -2.14. The van der Waals surface area contributed by atoms with Crippen molar-refractivity contribution in [3.8, 4) is 11.5 Å². The van der Waals surface area contributed by atoms with Gasteiger partial charge in [0.25, 0.3) is 5.91 Å². The van der Waals surface area contributed by atoms with Crippen LogP contribution < -0.4 is 14.8 Å². The Hall–Kier alpha value is -2.70. The van der Waals surface area contributed by atoms with Crippen LogP contribution in [0.3, 0.4) is 0 Å². The van der Waals surface area contributed by atoms with E-state index >= 15 is 0 Å². The molecular formula is C15H12F3NO3. The highest BCUT2D eigenvalue weighted by Gasteiger charge is 2.20. The average Bonchev–Trinajstić information content (AvgIpc) is 2.49. The summed E-state index contributed by atoms with van der Waals surface area (Å²) in [6, 6.07) is 9.59. The fourth-order valence-electron chi connectivity index (χ4n) is 1.82. The van der Waals surface area contributed by atoms with Gasteiger partial charge in [0, 0.05) is 0 Å². The molecule has 0 aliphatic heterocycles. The van der Waals surface area contributed by atoms with Crippen LogP contribution in [0.25, 0.3) is 0 Å². The number of halogens is 3. The minimum Gasteiger partial charge on any atom is -0.493 e. The number of hydrogen-bond acceptors (Lipinski definition) is 3. The molecule has 0 unspecified atom stereocenters. The number of alkyl halides is 2. The molecule has 0 aromatic heterocycles. The van der Waals surface area contributed by atoms with E-state index in [1.807, 2.05) is 0 Å². The van der Waals surface area contributed by atoms with Crippen LogP contribution >= 0.6 is 0 Å². The number of carbonyl (C=O) groups excluding carboxylic acids is 1. The highest BCUT2D eigenvalue weighted by molar-refractivity contribution is 6.06. The zero-order valence-corrected chi connectivity index (χ0v) is 11.5. The third-order valence-corrected chi connectivity index (χ3v) is 2.77. The van der Waals surface area contributed by atoms with Crippen molar-refractivity contribution in [1.82, 2.24) is 0 Å². The second-order valence-electron chi connectivity index (χ2n) is 4.15. The molecular weight excluding hydrogens is 299 g/mol. The van der Waals surface area contributed by atoms with Gasteiger partial charge < -0.3 is 14.8 Å². The second kappa shape index (κ2) is 6.84. The minimum absolute atomic E-state index is 0.0264. The van der Waals surface area contributed by atoms with Crippen LogP contribution in [-0.2, 0) is 0 Å². The minimum atomic E-state index is -3.13. The number of methoxy groups -OCH3 is 1. The third-order valence-electron chi connectivity index (χ3n) is 2.77. The van der Waals surface area contributed by atoms with Gasteiger partial charge in [0.2, 0.25) is 0 Å². The summed E-state index contributed by atoms with van der Waals surface area (Å²) >= 11 is 0. The van der Waals surface area contributed by atoms with Gasteiger partial charge in [-0.2, -0.15) is 8.78 Å². The topological polar surface area (TPSA) is 47.6 Å². The predicted molar refractivity (Wildman–Crippen MR) is 74.0 cm³/mol. The molecule has 0 atom stereocenters. The number of anilines is 1. The maximum atomic E-state index is 13.5. The first kappa shape index (κ1) is 15.7. The molecule has 4 nitrogen and oxygen atoms in total. The Kier molecular flexibility index (Phi) is 4.88. The monoisotopic (exact) mass is 311 g/mol. The van der Waals surface area contributed by atoms with Gasteiger partial charge in [-0.1, -0.05) is 18.2 Å². The van der Waals surface area contributed by atoms with Gasteiger partial charge in [0.15, 0.2) is 11.5 Å². The molecule has 2 aromatic carbocycles. The van der Waals surface area contributed by atoms with Crippen LogP contribution in [0.1, 0.15) is 10.4 Å². The summed E-state index contributed by atoms with van der Waals surface area (Å²) < 4.78 is 47.8. The SMILES string of the molecule is COc1cccc(C(=O)Nc2ccccc2F)c1OC(F)F. The molecule has 0 saturated carbocycles. The van der Waals surface area contributed by atoms with Gasteiger partial charge >= 0.3 is 6.61 Å². The fraction of sp³-hybridized carbons (Fsp3) is 0.133. The molecule has 116 valence electrons. The van der Waals surface area contributed by atoms with Crippen LogP contribution in [0.2, 0.25) is 0 Å². The average molecular weight is 311 g/mol. The van der Waals surface area contributed by atoms with E-state index in [0.29, 0.717) is 0 Å². The van der Waals surface area contributed by atoms with Crippen LogP contribution in [-0.4, -0.2) is 19.6 Å². The van der Waals surface area contributed by atoms with Gasteiger partial charge in [-0.05, 0) is 24.3 Å². The van der Waals surface area contributed by atoms with Crippen molar-refractivity contribution < 1.29 is 27.4 Å². The van der Waals surface area contributed by atoms with Crippen molar-refractivity contribution in [2.24, 2.45) is 0 Å². The van der Waals surface area contributed by atoms with Crippen molar-refractivity contribution in [3.05, 3.63) is 53.8 Å². The van der Waals surface area contributed by atoms with E-state index in [2.05, 4.69) is 10.1 Å². The smallest absolute Gasteiger partial charge is 0.387 e. The molecule has 1 amide bonds. The lowest BCUT2D eigenvalue weighted by Crippen LogP contribution is -2.16. The van der Waals surface area contributed by atoms with Gasteiger partial charge in [-0.25, -0.2) is 4.39 Å². The summed E-state index contributed by atoms with van der Waals surface area (Å²) in [6.45, 7) is -3.13. The normalized spacial score (nSPS) is 10.4. The maximum absolute atomic E-state index is 13.5. The first-order valence-electron chi connectivity index (χ1n) is 6.20. The first-order valence-corrected chi connectivity index (χ1v) is 6.20. The van der Waals surface area contributed by atoms with Crippen molar-refractivity contribution in [3.63, 3.8) is 0 Å². The Morgan fingerprint density at radius 3 is 2.50 bits per heavy atom. The summed E-state index contributed by atoms with van der Waals surface area (Å²) in [5.74, 6) is -1.87. The van der Waals surface area contributed by atoms with E-state index in [1.165, 1.54) is 43.5 Å². The molecule has 0 radical (unpaired) electrons. The Labute approximate surface area is 124 Å². The van der Waals surface area contributed by atoms with Crippen molar-refractivity contribution >= 4 is 11.6 Å². The number of benzene rings is 2. The van der Waals surface area contributed by atoms with E-state index in [1.54, 1.807) is 0 Å². The number of nitrogens with one attached hydrogen (secondary N) is 1. The molecule has 22 heavy (non-hydrogen) atoms. The van der Waals surface area contributed by atoms with Gasteiger partial charge in [-0.15, -0.1) is 0 Å². The molecule has 0 aliphatic carbocycles. The van der Waals surface area contributed by atoms with Crippen molar-refractivity contribution in [2.75, 3.05) is 12.4 Å². The molecule has 0 bridgehead atoms. The molecule has 0 spiro atoms. The lowest BCUT2D eigenvalue weighted by atomic mass is 10.1. The van der Waals surface area contributed by atoms with Crippen LogP contribution in [0.5, 0.6) is 11.5 Å². The number of hydrogen-bond donors (Lipinski definition) is 1. The summed E-state index contributed by atoms with van der Waals surface area (Å²) in [4.78, 5) is 12.2. The van der Waals surface area contributed by atoms with Crippen LogP contribution in [0.15, 0.2) is 42.5 Å².